The van der Waals surface area contributed by atoms with Crippen LogP contribution in [0.25, 0.3) is 0 Å². The number of carbonyl (C=O) groups is 1. The summed E-state index contributed by atoms with van der Waals surface area (Å²) in [6.45, 7) is 4.60. The third kappa shape index (κ3) is 10.6. The number of non-ortho nitro benzene ring substituents is 1. The Kier molecular flexibility index (Phi) is 12.2. The van der Waals surface area contributed by atoms with E-state index < -0.39 is 11.0 Å². The van der Waals surface area contributed by atoms with Crippen LogP contribution in [0.3, 0.4) is 0 Å². The minimum Gasteiger partial charge on any atom is -0.448 e. The fourth-order valence-electron chi connectivity index (χ4n) is 3.16. The first-order chi connectivity index (χ1) is 17.0. The smallest absolute Gasteiger partial charge is 0.407 e. The van der Waals surface area contributed by atoms with Crippen molar-refractivity contribution in [1.82, 2.24) is 5.32 Å². The molecule has 0 heterocycles. The van der Waals surface area contributed by atoms with Crippen LogP contribution < -0.4 is 10.2 Å². The quantitative estimate of drug-likeness (QED) is 0.0893. The maximum atomic E-state index is 11.8. The lowest BCUT2D eigenvalue weighted by Gasteiger charge is -2.23. The number of amides is 1. The van der Waals surface area contributed by atoms with Gasteiger partial charge in [0, 0.05) is 30.9 Å². The summed E-state index contributed by atoms with van der Waals surface area (Å²) in [7, 11) is 0. The highest BCUT2D eigenvalue weighted by Gasteiger charge is 2.07. The van der Waals surface area contributed by atoms with Crippen molar-refractivity contribution in [2.24, 2.45) is 15.2 Å². The molecule has 2 aromatic rings. The fraction of sp³-hybridized carbons (Fsp3) is 0.417. The van der Waals surface area contributed by atoms with Gasteiger partial charge < -0.3 is 15.0 Å². The average molecular weight is 483 g/mol. The SMILES string of the molecule is CCN(CCOC(=O)NCCCCCCN=C=O)c1ccc(N=Nc2ccc([N+](=O)[O-])cc2)cc1. The number of anilines is 1. The monoisotopic (exact) mass is 482 g/mol. The van der Waals surface area contributed by atoms with Gasteiger partial charge in [0.2, 0.25) is 6.08 Å². The molecule has 2 aromatic carbocycles. The molecule has 0 bridgehead atoms. The van der Waals surface area contributed by atoms with Gasteiger partial charge in [0.15, 0.2) is 0 Å². The molecule has 1 N–H and O–H groups in total. The zero-order valence-electron chi connectivity index (χ0n) is 19.8. The molecule has 11 heteroatoms. The van der Waals surface area contributed by atoms with Crippen LogP contribution in [-0.4, -0.2) is 49.9 Å². The molecule has 0 aliphatic rings. The van der Waals surface area contributed by atoms with E-state index in [4.69, 9.17) is 4.74 Å². The van der Waals surface area contributed by atoms with Crippen molar-refractivity contribution in [2.75, 3.05) is 37.7 Å². The molecule has 0 aliphatic carbocycles. The van der Waals surface area contributed by atoms with Crippen LogP contribution in [0.15, 0.2) is 63.8 Å². The molecule has 0 aromatic heterocycles. The minimum atomic E-state index is -0.462. The van der Waals surface area contributed by atoms with Gasteiger partial charge in [-0.1, -0.05) is 12.8 Å². The van der Waals surface area contributed by atoms with Crippen LogP contribution in [0.5, 0.6) is 0 Å². The van der Waals surface area contributed by atoms with E-state index in [-0.39, 0.29) is 12.3 Å². The Balaban J connectivity index is 1.70. The number of nitrogens with one attached hydrogen (secondary N) is 1. The van der Waals surface area contributed by atoms with E-state index in [0.717, 1.165) is 37.9 Å². The first-order valence-electron chi connectivity index (χ1n) is 11.5. The molecule has 0 spiro atoms. The Labute approximate surface area is 204 Å². The summed E-state index contributed by atoms with van der Waals surface area (Å²) in [6.07, 6.45) is 4.66. The van der Waals surface area contributed by atoms with Gasteiger partial charge in [0.05, 0.1) is 29.4 Å². The van der Waals surface area contributed by atoms with E-state index in [1.165, 1.54) is 18.2 Å². The van der Waals surface area contributed by atoms with Crippen LogP contribution >= 0.6 is 0 Å². The largest absolute Gasteiger partial charge is 0.448 e. The molecule has 1 amide bonds. The van der Waals surface area contributed by atoms with Gasteiger partial charge in [0.1, 0.15) is 6.61 Å². The Hall–Kier alpha value is -4.11. The summed E-state index contributed by atoms with van der Waals surface area (Å²) in [6, 6.07) is 13.3. The molecule has 0 fully saturated rings. The summed E-state index contributed by atoms with van der Waals surface area (Å²) in [5, 5.41) is 21.7. The summed E-state index contributed by atoms with van der Waals surface area (Å²) in [5.74, 6) is 0. The van der Waals surface area contributed by atoms with Crippen LogP contribution in [0.1, 0.15) is 32.6 Å². The molecule has 0 aliphatic heterocycles. The van der Waals surface area contributed by atoms with E-state index in [0.29, 0.717) is 31.0 Å². The summed E-state index contributed by atoms with van der Waals surface area (Å²) >= 11 is 0. The predicted octanol–water partition coefficient (Wildman–Crippen LogP) is 5.46. The van der Waals surface area contributed by atoms with Crippen LogP contribution in [0, 0.1) is 10.1 Å². The zero-order valence-corrected chi connectivity index (χ0v) is 19.8. The number of hydrogen-bond acceptors (Lipinski definition) is 9. The Morgan fingerprint density at radius 3 is 2.26 bits per heavy atom. The molecule has 0 saturated carbocycles. The number of nitro groups is 1. The summed E-state index contributed by atoms with van der Waals surface area (Å²) in [5.41, 5.74) is 2.14. The zero-order chi connectivity index (χ0) is 25.3. The van der Waals surface area contributed by atoms with Crippen molar-refractivity contribution >= 4 is 34.9 Å². The number of aliphatic imine (C=N–C) groups is 1. The molecule has 186 valence electrons. The van der Waals surface area contributed by atoms with Gasteiger partial charge in [-0.05, 0) is 56.2 Å². The molecule has 0 radical (unpaired) electrons. The van der Waals surface area contributed by atoms with Crippen molar-refractivity contribution in [3.8, 4) is 0 Å². The van der Waals surface area contributed by atoms with Gasteiger partial charge in [-0.25, -0.2) is 14.6 Å². The van der Waals surface area contributed by atoms with Gasteiger partial charge >= 0.3 is 6.09 Å². The summed E-state index contributed by atoms with van der Waals surface area (Å²) in [4.78, 5) is 37.6. The maximum absolute atomic E-state index is 11.8. The second-order valence-electron chi connectivity index (χ2n) is 7.52. The van der Waals surface area contributed by atoms with Gasteiger partial charge in [-0.15, -0.1) is 0 Å². The van der Waals surface area contributed by atoms with E-state index in [1.54, 1.807) is 12.1 Å². The lowest BCUT2D eigenvalue weighted by molar-refractivity contribution is -0.384. The number of likely N-dealkylation sites (N-methyl/N-ethyl adjacent to an activating group) is 1. The number of alkyl carbamates (subject to hydrolysis) is 1. The van der Waals surface area contributed by atoms with Crippen LogP contribution in [0.4, 0.5) is 27.5 Å². The number of benzene rings is 2. The van der Waals surface area contributed by atoms with E-state index in [2.05, 4.69) is 25.4 Å². The number of rotatable bonds is 15. The first-order valence-corrected chi connectivity index (χ1v) is 11.5. The Morgan fingerprint density at radius 2 is 1.66 bits per heavy atom. The summed E-state index contributed by atoms with van der Waals surface area (Å²) < 4.78 is 5.26. The lowest BCUT2D eigenvalue weighted by atomic mass is 10.2. The number of carbonyl (C=O) groups excluding carboxylic acids is 2. The number of unbranched alkanes of at least 4 members (excludes halogenated alkanes) is 3. The second-order valence-corrected chi connectivity index (χ2v) is 7.52. The van der Waals surface area contributed by atoms with Crippen molar-refractivity contribution < 1.29 is 19.2 Å². The third-order valence-electron chi connectivity index (χ3n) is 5.06. The highest BCUT2D eigenvalue weighted by atomic mass is 16.6. The van der Waals surface area contributed by atoms with Gasteiger partial charge in [-0.3, -0.25) is 10.1 Å². The van der Waals surface area contributed by atoms with Crippen molar-refractivity contribution in [1.29, 1.82) is 0 Å². The Morgan fingerprint density at radius 1 is 1.03 bits per heavy atom. The van der Waals surface area contributed by atoms with Crippen molar-refractivity contribution in [2.45, 2.75) is 32.6 Å². The van der Waals surface area contributed by atoms with E-state index >= 15 is 0 Å². The number of isocyanates is 1. The molecule has 0 unspecified atom stereocenters. The number of azo groups is 1. The average Bonchev–Trinajstić information content (AvgIpc) is 2.87. The van der Waals surface area contributed by atoms with Crippen LogP contribution in [0.2, 0.25) is 0 Å². The topological polar surface area (TPSA) is 139 Å². The predicted molar refractivity (Wildman–Crippen MR) is 132 cm³/mol. The molecular weight excluding hydrogens is 452 g/mol. The number of ether oxygens (including phenoxy) is 1. The third-order valence-corrected chi connectivity index (χ3v) is 5.06. The first kappa shape index (κ1) is 27.1. The van der Waals surface area contributed by atoms with Crippen LogP contribution in [-0.2, 0) is 9.53 Å². The molecule has 35 heavy (non-hydrogen) atoms. The van der Waals surface area contributed by atoms with Crippen molar-refractivity contribution in [3.63, 3.8) is 0 Å². The maximum Gasteiger partial charge on any atom is 0.407 e. The van der Waals surface area contributed by atoms with E-state index in [1.807, 2.05) is 31.2 Å². The second kappa shape index (κ2) is 15.7. The van der Waals surface area contributed by atoms with Gasteiger partial charge in [-0.2, -0.15) is 10.2 Å². The molecule has 0 atom stereocenters. The lowest BCUT2D eigenvalue weighted by Crippen LogP contribution is -2.31. The molecule has 0 saturated heterocycles. The van der Waals surface area contributed by atoms with Crippen molar-refractivity contribution in [3.05, 3.63) is 58.6 Å². The normalized spacial score (nSPS) is 10.5. The molecule has 11 nitrogen and oxygen atoms in total. The highest BCUT2D eigenvalue weighted by molar-refractivity contribution is 5.67. The minimum absolute atomic E-state index is 0.00371. The number of hydrogen-bond donors (Lipinski definition) is 1. The number of nitrogens with zero attached hydrogens (tertiary/aromatic N) is 5. The van der Waals surface area contributed by atoms with E-state index in [9.17, 15) is 19.7 Å². The standard InChI is InChI=1S/C24H30N6O5/c1-2-29(17-18-35-24(32)26-16-6-4-3-5-15-25-19-31)22-11-7-20(8-12-22)27-28-21-9-13-23(14-10-21)30(33)34/h7-14H,2-6,15-18H2,1H3,(H,26,32). The molecular formula is C24H30N6O5. The van der Waals surface area contributed by atoms with Gasteiger partial charge in [0.25, 0.3) is 5.69 Å². The fourth-order valence-corrected chi connectivity index (χ4v) is 3.16. The molecule has 2 rings (SSSR count). The Bertz CT molecular complexity index is 1000. The number of nitro benzene ring substituents is 1. The highest BCUT2D eigenvalue weighted by Crippen LogP contribution is 2.23.